The van der Waals surface area contributed by atoms with Gasteiger partial charge in [-0.25, -0.2) is 0 Å². The van der Waals surface area contributed by atoms with Crippen molar-refractivity contribution in [1.29, 1.82) is 0 Å². The van der Waals surface area contributed by atoms with E-state index in [1.54, 1.807) is 0 Å². The monoisotopic (exact) mass is 343 g/mol. The van der Waals surface area contributed by atoms with Gasteiger partial charge in [0.1, 0.15) is 12.4 Å². The summed E-state index contributed by atoms with van der Waals surface area (Å²) >= 11 is 0. The van der Waals surface area contributed by atoms with Crippen molar-refractivity contribution in [2.75, 3.05) is 26.4 Å². The van der Waals surface area contributed by atoms with E-state index in [-0.39, 0.29) is 23.8 Å². The fraction of sp³-hybridized carbons (Fsp3) is 0.588. The van der Waals surface area contributed by atoms with Crippen molar-refractivity contribution >= 4 is 5.91 Å². The molecule has 1 saturated carbocycles. The minimum atomic E-state index is -4.35. The molecule has 1 heterocycles. The lowest BCUT2D eigenvalue weighted by atomic mass is 9.94. The van der Waals surface area contributed by atoms with Crippen molar-refractivity contribution in [3.63, 3.8) is 0 Å². The lowest BCUT2D eigenvalue weighted by Crippen LogP contribution is -2.32. The molecule has 0 bridgehead atoms. The third-order valence-corrected chi connectivity index (χ3v) is 4.85. The van der Waals surface area contributed by atoms with Crippen molar-refractivity contribution in [1.82, 2.24) is 5.32 Å². The maximum absolute atomic E-state index is 12.5. The first-order valence-electron chi connectivity index (χ1n) is 8.06. The van der Waals surface area contributed by atoms with E-state index in [0.29, 0.717) is 12.3 Å². The van der Waals surface area contributed by atoms with E-state index in [1.165, 1.54) is 12.1 Å². The van der Waals surface area contributed by atoms with Gasteiger partial charge in [0.2, 0.25) is 5.91 Å². The first-order chi connectivity index (χ1) is 11.4. The van der Waals surface area contributed by atoms with Crippen molar-refractivity contribution in [3.05, 3.63) is 29.8 Å². The van der Waals surface area contributed by atoms with E-state index in [1.807, 2.05) is 0 Å². The van der Waals surface area contributed by atoms with Crippen LogP contribution in [0.1, 0.15) is 24.8 Å². The van der Waals surface area contributed by atoms with E-state index in [2.05, 4.69) is 5.32 Å². The highest BCUT2D eigenvalue weighted by Gasteiger charge is 2.57. The van der Waals surface area contributed by atoms with Gasteiger partial charge >= 0.3 is 6.18 Å². The summed E-state index contributed by atoms with van der Waals surface area (Å²) in [5.74, 6) is 0.449. The molecule has 1 spiro atoms. The van der Waals surface area contributed by atoms with Crippen LogP contribution in [0, 0.1) is 11.3 Å². The number of carbonyl (C=O) groups excluding carboxylic acids is 1. The first kappa shape index (κ1) is 17.1. The van der Waals surface area contributed by atoms with Gasteiger partial charge < -0.3 is 14.8 Å². The summed E-state index contributed by atoms with van der Waals surface area (Å²) in [6, 6.07) is 4.52. The highest BCUT2D eigenvalue weighted by atomic mass is 19.4. The standard InChI is InChI=1S/C17H20F3NO3/c18-17(19,20)12-1-3-13(4-2-12)24-10-7-21-15(22)14-11-16(14)5-8-23-9-6-16/h1-4,14H,5-11H2,(H,21,22)/t14-/m0/s1. The van der Waals surface area contributed by atoms with Gasteiger partial charge in [-0.15, -0.1) is 0 Å². The van der Waals surface area contributed by atoms with Crippen LogP contribution in [0.15, 0.2) is 24.3 Å². The third kappa shape index (κ3) is 3.83. The Morgan fingerprint density at radius 1 is 1.25 bits per heavy atom. The maximum atomic E-state index is 12.5. The largest absolute Gasteiger partial charge is 0.492 e. The topological polar surface area (TPSA) is 47.6 Å². The minimum absolute atomic E-state index is 0.0351. The number of rotatable bonds is 5. The Bertz CT molecular complexity index is 580. The Kier molecular flexibility index (Phi) is 4.71. The van der Waals surface area contributed by atoms with Crippen molar-refractivity contribution in [3.8, 4) is 5.75 Å². The van der Waals surface area contributed by atoms with Crippen molar-refractivity contribution in [2.45, 2.75) is 25.4 Å². The molecule has 1 N–H and O–H groups in total. The predicted octanol–water partition coefficient (Wildman–Crippen LogP) is 3.02. The van der Waals surface area contributed by atoms with Crippen LogP contribution in [0.25, 0.3) is 0 Å². The summed E-state index contributed by atoms with van der Waals surface area (Å²) in [5.41, 5.74) is -0.574. The quantitative estimate of drug-likeness (QED) is 0.836. The minimum Gasteiger partial charge on any atom is -0.492 e. The Morgan fingerprint density at radius 3 is 2.54 bits per heavy atom. The zero-order valence-electron chi connectivity index (χ0n) is 13.2. The fourth-order valence-electron chi connectivity index (χ4n) is 3.26. The second-order valence-electron chi connectivity index (χ2n) is 6.39. The molecule has 1 aromatic carbocycles. The van der Waals surface area contributed by atoms with Gasteiger partial charge in [0.05, 0.1) is 12.1 Å². The number of ether oxygens (including phenoxy) is 2. The summed E-state index contributed by atoms with van der Waals surface area (Å²) in [7, 11) is 0. The number of nitrogens with one attached hydrogen (secondary N) is 1. The Labute approximate surface area is 138 Å². The van der Waals surface area contributed by atoms with Crippen LogP contribution in [0.3, 0.4) is 0 Å². The van der Waals surface area contributed by atoms with E-state index < -0.39 is 11.7 Å². The van der Waals surface area contributed by atoms with Gasteiger partial charge in [0.25, 0.3) is 0 Å². The summed E-state index contributed by atoms with van der Waals surface area (Å²) in [5, 5.41) is 2.84. The molecule has 0 radical (unpaired) electrons. The zero-order chi connectivity index (χ0) is 17.2. The molecule has 4 nitrogen and oxygen atoms in total. The zero-order valence-corrected chi connectivity index (χ0v) is 13.2. The number of carbonyl (C=O) groups is 1. The fourth-order valence-corrected chi connectivity index (χ4v) is 3.26. The SMILES string of the molecule is O=C(NCCOc1ccc(C(F)(F)F)cc1)[C@@H]1CC12CCOCC2. The molecule has 2 aliphatic rings. The van der Waals surface area contributed by atoms with E-state index >= 15 is 0 Å². The van der Waals surface area contributed by atoms with Crippen LogP contribution >= 0.6 is 0 Å². The molecule has 1 aliphatic heterocycles. The summed E-state index contributed by atoms with van der Waals surface area (Å²) in [6.07, 6.45) is -1.56. The Balaban J connectivity index is 1.37. The van der Waals surface area contributed by atoms with Crippen molar-refractivity contribution in [2.24, 2.45) is 11.3 Å². The number of alkyl halides is 3. The predicted molar refractivity (Wildman–Crippen MR) is 80.5 cm³/mol. The molecular formula is C17H20F3NO3. The highest BCUT2D eigenvalue weighted by molar-refractivity contribution is 5.82. The number of benzene rings is 1. The second-order valence-corrected chi connectivity index (χ2v) is 6.39. The molecule has 1 amide bonds. The number of hydrogen-bond acceptors (Lipinski definition) is 3. The van der Waals surface area contributed by atoms with Crippen LogP contribution in [-0.4, -0.2) is 32.3 Å². The highest BCUT2D eigenvalue weighted by Crippen LogP contribution is 2.59. The van der Waals surface area contributed by atoms with Crippen LogP contribution < -0.4 is 10.1 Å². The van der Waals surface area contributed by atoms with E-state index in [9.17, 15) is 18.0 Å². The summed E-state index contributed by atoms with van der Waals surface area (Å²) in [4.78, 5) is 12.1. The Hall–Kier alpha value is -1.76. The van der Waals surface area contributed by atoms with Gasteiger partial charge in [0.15, 0.2) is 0 Å². The Morgan fingerprint density at radius 2 is 1.92 bits per heavy atom. The summed E-state index contributed by atoms with van der Waals surface area (Å²) < 4.78 is 48.0. The molecule has 3 rings (SSSR count). The lowest BCUT2D eigenvalue weighted by Gasteiger charge is -2.22. The molecule has 132 valence electrons. The second kappa shape index (κ2) is 6.63. The lowest BCUT2D eigenvalue weighted by molar-refractivity contribution is -0.137. The van der Waals surface area contributed by atoms with Gasteiger partial charge in [-0.1, -0.05) is 0 Å². The molecule has 0 unspecified atom stereocenters. The van der Waals surface area contributed by atoms with Gasteiger partial charge in [0, 0.05) is 19.1 Å². The molecule has 1 atom stereocenters. The molecule has 7 heteroatoms. The van der Waals surface area contributed by atoms with Crippen LogP contribution in [0.2, 0.25) is 0 Å². The maximum Gasteiger partial charge on any atom is 0.416 e. The summed E-state index contributed by atoms with van der Waals surface area (Å²) in [6.45, 7) is 2.00. The average molecular weight is 343 g/mol. The normalized spacial score (nSPS) is 22.2. The molecule has 1 saturated heterocycles. The van der Waals surface area contributed by atoms with Crippen molar-refractivity contribution < 1.29 is 27.4 Å². The smallest absolute Gasteiger partial charge is 0.416 e. The number of hydrogen-bond donors (Lipinski definition) is 1. The van der Waals surface area contributed by atoms with Crippen LogP contribution in [0.4, 0.5) is 13.2 Å². The van der Waals surface area contributed by atoms with E-state index in [4.69, 9.17) is 9.47 Å². The third-order valence-electron chi connectivity index (χ3n) is 4.85. The molecule has 2 fully saturated rings. The molecular weight excluding hydrogens is 323 g/mol. The first-order valence-corrected chi connectivity index (χ1v) is 8.06. The average Bonchev–Trinajstić information content (AvgIpc) is 3.25. The molecule has 24 heavy (non-hydrogen) atoms. The van der Waals surface area contributed by atoms with Gasteiger partial charge in [-0.2, -0.15) is 13.2 Å². The number of halogens is 3. The van der Waals surface area contributed by atoms with Crippen LogP contribution in [-0.2, 0) is 15.7 Å². The van der Waals surface area contributed by atoms with Gasteiger partial charge in [-0.3, -0.25) is 4.79 Å². The van der Waals surface area contributed by atoms with Gasteiger partial charge in [-0.05, 0) is 48.9 Å². The molecule has 0 aromatic heterocycles. The number of amides is 1. The molecule has 1 aliphatic carbocycles. The van der Waals surface area contributed by atoms with E-state index in [0.717, 1.165) is 44.6 Å². The molecule has 1 aromatic rings. The van der Waals surface area contributed by atoms with Crippen LogP contribution in [0.5, 0.6) is 5.75 Å².